The van der Waals surface area contributed by atoms with Gasteiger partial charge in [-0.3, -0.25) is 4.79 Å². The standard InChI is InChI=1S/C16H17NO2/c1-2-17(12-14-6-4-3-5-7-14)16(18)9-8-15-10-11-19-13-15/h3-11,13H,2,12H2,1H3/b9-8+. The molecule has 0 spiro atoms. The first-order valence-electron chi connectivity index (χ1n) is 6.32. The van der Waals surface area contributed by atoms with Crippen LogP contribution in [-0.4, -0.2) is 17.4 Å². The van der Waals surface area contributed by atoms with Crippen LogP contribution in [0, 0.1) is 0 Å². The summed E-state index contributed by atoms with van der Waals surface area (Å²) in [7, 11) is 0. The van der Waals surface area contributed by atoms with Crippen LogP contribution in [0.3, 0.4) is 0 Å². The molecule has 19 heavy (non-hydrogen) atoms. The van der Waals surface area contributed by atoms with Gasteiger partial charge in [0.1, 0.15) is 0 Å². The van der Waals surface area contributed by atoms with Gasteiger partial charge in [0, 0.05) is 24.7 Å². The van der Waals surface area contributed by atoms with E-state index in [-0.39, 0.29) is 5.91 Å². The van der Waals surface area contributed by atoms with Gasteiger partial charge in [0.05, 0.1) is 12.5 Å². The fraction of sp³-hybridized carbons (Fsp3) is 0.188. The predicted molar refractivity (Wildman–Crippen MR) is 75.3 cm³/mol. The smallest absolute Gasteiger partial charge is 0.246 e. The van der Waals surface area contributed by atoms with Crippen molar-refractivity contribution >= 4 is 12.0 Å². The molecule has 0 N–H and O–H groups in total. The van der Waals surface area contributed by atoms with E-state index in [1.165, 1.54) is 0 Å². The number of carbonyl (C=O) groups excluding carboxylic acids is 1. The molecule has 0 atom stereocenters. The molecule has 0 radical (unpaired) electrons. The molecule has 0 aliphatic carbocycles. The van der Waals surface area contributed by atoms with Gasteiger partial charge in [0.15, 0.2) is 0 Å². The largest absolute Gasteiger partial charge is 0.472 e. The van der Waals surface area contributed by atoms with Gasteiger partial charge in [-0.25, -0.2) is 0 Å². The van der Waals surface area contributed by atoms with Crippen LogP contribution >= 0.6 is 0 Å². The average Bonchev–Trinajstić information content (AvgIpc) is 2.96. The van der Waals surface area contributed by atoms with Crippen LogP contribution in [0.4, 0.5) is 0 Å². The molecule has 0 bridgehead atoms. The lowest BCUT2D eigenvalue weighted by Gasteiger charge is -2.19. The highest BCUT2D eigenvalue weighted by molar-refractivity contribution is 5.91. The van der Waals surface area contributed by atoms with Gasteiger partial charge in [-0.15, -0.1) is 0 Å². The van der Waals surface area contributed by atoms with Crippen molar-refractivity contribution in [3.05, 3.63) is 66.1 Å². The highest BCUT2D eigenvalue weighted by Gasteiger charge is 2.08. The molecule has 98 valence electrons. The SMILES string of the molecule is CCN(Cc1ccccc1)C(=O)/C=C/c1ccoc1. The minimum Gasteiger partial charge on any atom is -0.472 e. The summed E-state index contributed by atoms with van der Waals surface area (Å²) in [5.41, 5.74) is 2.03. The Bertz CT molecular complexity index is 529. The topological polar surface area (TPSA) is 33.5 Å². The Morgan fingerprint density at radius 3 is 2.68 bits per heavy atom. The number of carbonyl (C=O) groups is 1. The Hall–Kier alpha value is -2.29. The van der Waals surface area contributed by atoms with Gasteiger partial charge in [-0.05, 0) is 24.6 Å². The molecule has 0 unspecified atom stereocenters. The summed E-state index contributed by atoms with van der Waals surface area (Å²) in [4.78, 5) is 13.9. The van der Waals surface area contributed by atoms with Gasteiger partial charge in [-0.1, -0.05) is 30.3 Å². The summed E-state index contributed by atoms with van der Waals surface area (Å²) in [6.07, 6.45) is 6.54. The first-order valence-corrected chi connectivity index (χ1v) is 6.32. The first kappa shape index (κ1) is 13.1. The molecule has 0 saturated carbocycles. The first-order chi connectivity index (χ1) is 9.29. The van der Waals surface area contributed by atoms with E-state index in [0.717, 1.165) is 11.1 Å². The molecule has 0 aliphatic rings. The van der Waals surface area contributed by atoms with E-state index >= 15 is 0 Å². The molecule has 0 fully saturated rings. The van der Waals surface area contributed by atoms with Crippen molar-refractivity contribution in [3.63, 3.8) is 0 Å². The Morgan fingerprint density at radius 1 is 1.26 bits per heavy atom. The summed E-state index contributed by atoms with van der Waals surface area (Å²) < 4.78 is 4.95. The zero-order valence-electron chi connectivity index (χ0n) is 11.0. The van der Waals surface area contributed by atoms with Crippen LogP contribution in [0.15, 0.2) is 59.4 Å². The van der Waals surface area contributed by atoms with Crippen LogP contribution in [0.25, 0.3) is 6.08 Å². The Kier molecular flexibility index (Phi) is 4.56. The third-order valence-corrected chi connectivity index (χ3v) is 2.87. The summed E-state index contributed by atoms with van der Waals surface area (Å²) in [5, 5.41) is 0. The van der Waals surface area contributed by atoms with Crippen molar-refractivity contribution in [2.75, 3.05) is 6.54 Å². The van der Waals surface area contributed by atoms with E-state index in [9.17, 15) is 4.79 Å². The van der Waals surface area contributed by atoms with Crippen molar-refractivity contribution in [2.24, 2.45) is 0 Å². The summed E-state index contributed by atoms with van der Waals surface area (Å²) in [6.45, 7) is 3.29. The van der Waals surface area contributed by atoms with Gasteiger partial charge in [-0.2, -0.15) is 0 Å². The molecule has 1 amide bonds. The maximum atomic E-state index is 12.1. The second kappa shape index (κ2) is 6.59. The van der Waals surface area contributed by atoms with Crippen molar-refractivity contribution in [2.45, 2.75) is 13.5 Å². The predicted octanol–water partition coefficient (Wildman–Crippen LogP) is 3.34. The number of benzene rings is 1. The average molecular weight is 255 g/mol. The lowest BCUT2D eigenvalue weighted by molar-refractivity contribution is -0.126. The fourth-order valence-corrected chi connectivity index (χ4v) is 1.79. The minimum atomic E-state index is 0.00699. The van der Waals surface area contributed by atoms with E-state index in [2.05, 4.69) is 0 Å². The number of rotatable bonds is 5. The fourth-order valence-electron chi connectivity index (χ4n) is 1.79. The maximum Gasteiger partial charge on any atom is 0.246 e. The molecule has 1 aromatic carbocycles. The Morgan fingerprint density at radius 2 is 2.05 bits per heavy atom. The molecule has 1 aromatic heterocycles. The molecule has 3 heteroatoms. The third-order valence-electron chi connectivity index (χ3n) is 2.87. The summed E-state index contributed by atoms with van der Waals surface area (Å²) in [5.74, 6) is 0.00699. The molecule has 0 aliphatic heterocycles. The summed E-state index contributed by atoms with van der Waals surface area (Å²) in [6, 6.07) is 11.8. The number of nitrogens with zero attached hydrogens (tertiary/aromatic N) is 1. The molecule has 1 heterocycles. The van der Waals surface area contributed by atoms with E-state index in [0.29, 0.717) is 13.1 Å². The lowest BCUT2D eigenvalue weighted by atomic mass is 10.2. The number of furan rings is 1. The van der Waals surface area contributed by atoms with Gasteiger partial charge < -0.3 is 9.32 Å². The van der Waals surface area contributed by atoms with Gasteiger partial charge in [0.25, 0.3) is 0 Å². The molecule has 2 aromatic rings. The van der Waals surface area contributed by atoms with Crippen molar-refractivity contribution < 1.29 is 9.21 Å². The Balaban J connectivity index is 1.99. The van der Waals surface area contributed by atoms with E-state index in [4.69, 9.17) is 4.42 Å². The van der Waals surface area contributed by atoms with E-state index in [1.807, 2.05) is 43.3 Å². The van der Waals surface area contributed by atoms with Crippen LogP contribution in [0.5, 0.6) is 0 Å². The summed E-state index contributed by atoms with van der Waals surface area (Å²) >= 11 is 0. The van der Waals surface area contributed by atoms with Crippen LogP contribution in [0.2, 0.25) is 0 Å². The molecular weight excluding hydrogens is 238 g/mol. The van der Waals surface area contributed by atoms with Crippen LogP contribution in [0.1, 0.15) is 18.1 Å². The Labute approximate surface area is 113 Å². The van der Waals surface area contributed by atoms with E-state index < -0.39 is 0 Å². The second-order valence-electron chi connectivity index (χ2n) is 4.23. The van der Waals surface area contributed by atoms with Gasteiger partial charge in [0.2, 0.25) is 5.91 Å². The third kappa shape index (κ3) is 3.85. The minimum absolute atomic E-state index is 0.00699. The van der Waals surface area contributed by atoms with Crippen LogP contribution in [-0.2, 0) is 11.3 Å². The number of likely N-dealkylation sites (N-methyl/N-ethyl adjacent to an activating group) is 1. The van der Waals surface area contributed by atoms with E-state index in [1.54, 1.807) is 29.6 Å². The van der Waals surface area contributed by atoms with Gasteiger partial charge >= 0.3 is 0 Å². The maximum absolute atomic E-state index is 12.1. The number of amides is 1. The molecule has 0 saturated heterocycles. The lowest BCUT2D eigenvalue weighted by Crippen LogP contribution is -2.28. The zero-order chi connectivity index (χ0) is 13.5. The monoisotopic (exact) mass is 255 g/mol. The van der Waals surface area contributed by atoms with Crippen molar-refractivity contribution in [1.29, 1.82) is 0 Å². The normalized spacial score (nSPS) is 10.8. The van der Waals surface area contributed by atoms with Crippen molar-refractivity contribution in [1.82, 2.24) is 4.90 Å². The van der Waals surface area contributed by atoms with Crippen molar-refractivity contribution in [3.8, 4) is 0 Å². The quantitative estimate of drug-likeness (QED) is 0.768. The highest BCUT2D eigenvalue weighted by atomic mass is 16.3. The molecule has 3 nitrogen and oxygen atoms in total. The number of hydrogen-bond acceptors (Lipinski definition) is 2. The highest BCUT2D eigenvalue weighted by Crippen LogP contribution is 2.07. The molecular formula is C16H17NO2. The number of hydrogen-bond donors (Lipinski definition) is 0. The molecule has 2 rings (SSSR count). The van der Waals surface area contributed by atoms with Crippen LogP contribution < -0.4 is 0 Å². The second-order valence-corrected chi connectivity index (χ2v) is 4.23. The zero-order valence-corrected chi connectivity index (χ0v) is 11.0.